The number of anilines is 1. The van der Waals surface area contributed by atoms with Crippen molar-refractivity contribution in [1.29, 1.82) is 0 Å². The van der Waals surface area contributed by atoms with E-state index in [0.717, 1.165) is 21.6 Å². The SMILES string of the molecule is CC(Cc1ccc(Cl)cc1)Nc1ccc(F)cc1Br. The monoisotopic (exact) mass is 341 g/mol. The Bertz CT molecular complexity index is 557. The number of rotatable bonds is 4. The van der Waals surface area contributed by atoms with Gasteiger partial charge >= 0.3 is 0 Å². The van der Waals surface area contributed by atoms with Crippen molar-refractivity contribution in [2.45, 2.75) is 19.4 Å². The standard InChI is InChI=1S/C15H14BrClFN/c1-10(8-11-2-4-12(17)5-3-11)19-15-7-6-13(18)9-14(15)16/h2-7,9-10,19H,8H2,1H3. The van der Waals surface area contributed by atoms with Crippen LogP contribution < -0.4 is 5.32 Å². The van der Waals surface area contributed by atoms with E-state index in [1.807, 2.05) is 24.3 Å². The summed E-state index contributed by atoms with van der Waals surface area (Å²) in [4.78, 5) is 0. The van der Waals surface area contributed by atoms with Gasteiger partial charge in [0.05, 0.1) is 0 Å². The zero-order chi connectivity index (χ0) is 13.8. The summed E-state index contributed by atoms with van der Waals surface area (Å²) < 4.78 is 13.7. The van der Waals surface area contributed by atoms with Gasteiger partial charge in [-0.15, -0.1) is 0 Å². The third-order valence-corrected chi connectivity index (χ3v) is 3.70. The number of benzene rings is 2. The third kappa shape index (κ3) is 4.22. The summed E-state index contributed by atoms with van der Waals surface area (Å²) in [6.07, 6.45) is 0.876. The Morgan fingerprint density at radius 3 is 2.53 bits per heavy atom. The van der Waals surface area contributed by atoms with Crippen LogP contribution in [0.15, 0.2) is 46.9 Å². The van der Waals surface area contributed by atoms with E-state index in [2.05, 4.69) is 28.2 Å². The molecule has 0 saturated carbocycles. The van der Waals surface area contributed by atoms with Crippen LogP contribution in [-0.2, 0) is 6.42 Å². The van der Waals surface area contributed by atoms with Crippen LogP contribution in [0.25, 0.3) is 0 Å². The minimum Gasteiger partial charge on any atom is -0.381 e. The first-order valence-corrected chi connectivity index (χ1v) is 7.18. The molecule has 1 nitrogen and oxygen atoms in total. The van der Waals surface area contributed by atoms with Crippen molar-refractivity contribution in [2.75, 3.05) is 5.32 Å². The molecule has 19 heavy (non-hydrogen) atoms. The first-order valence-electron chi connectivity index (χ1n) is 6.00. The van der Waals surface area contributed by atoms with Gasteiger partial charge in [-0.2, -0.15) is 0 Å². The lowest BCUT2D eigenvalue weighted by molar-refractivity contribution is 0.627. The Labute approximate surface area is 125 Å². The third-order valence-electron chi connectivity index (χ3n) is 2.79. The van der Waals surface area contributed by atoms with Gasteiger partial charge in [0.2, 0.25) is 0 Å². The highest BCUT2D eigenvalue weighted by molar-refractivity contribution is 9.10. The Balaban J connectivity index is 2.01. The second-order valence-corrected chi connectivity index (χ2v) is 5.79. The fraction of sp³-hybridized carbons (Fsp3) is 0.200. The van der Waals surface area contributed by atoms with Crippen LogP contribution in [0.2, 0.25) is 5.02 Å². The van der Waals surface area contributed by atoms with Gasteiger partial charge in [-0.1, -0.05) is 23.7 Å². The molecule has 0 saturated heterocycles. The maximum absolute atomic E-state index is 13.0. The van der Waals surface area contributed by atoms with Gasteiger partial charge in [-0.05, 0) is 65.2 Å². The molecular formula is C15H14BrClFN. The molecular weight excluding hydrogens is 329 g/mol. The van der Waals surface area contributed by atoms with Crippen LogP contribution in [0.3, 0.4) is 0 Å². The molecule has 0 spiro atoms. The smallest absolute Gasteiger partial charge is 0.124 e. The number of halogens is 3. The Morgan fingerprint density at radius 2 is 1.89 bits per heavy atom. The fourth-order valence-electron chi connectivity index (χ4n) is 1.90. The van der Waals surface area contributed by atoms with E-state index in [4.69, 9.17) is 11.6 Å². The van der Waals surface area contributed by atoms with Crippen LogP contribution >= 0.6 is 27.5 Å². The van der Waals surface area contributed by atoms with E-state index >= 15 is 0 Å². The molecule has 0 amide bonds. The molecule has 0 aliphatic rings. The molecule has 0 heterocycles. The summed E-state index contributed by atoms with van der Waals surface area (Å²) in [5.41, 5.74) is 2.10. The zero-order valence-electron chi connectivity index (χ0n) is 10.5. The maximum atomic E-state index is 13.0. The van der Waals surface area contributed by atoms with Crippen molar-refractivity contribution in [1.82, 2.24) is 0 Å². The minimum atomic E-state index is -0.247. The van der Waals surface area contributed by atoms with Crippen molar-refractivity contribution < 1.29 is 4.39 Å². The van der Waals surface area contributed by atoms with Gasteiger partial charge in [0.1, 0.15) is 5.82 Å². The lowest BCUT2D eigenvalue weighted by Crippen LogP contribution is -2.18. The first kappa shape index (κ1) is 14.4. The molecule has 0 aliphatic carbocycles. The van der Waals surface area contributed by atoms with Crippen molar-refractivity contribution in [2.24, 2.45) is 0 Å². The van der Waals surface area contributed by atoms with E-state index in [9.17, 15) is 4.39 Å². The highest BCUT2D eigenvalue weighted by atomic mass is 79.9. The number of nitrogens with one attached hydrogen (secondary N) is 1. The Kier molecular flexibility index (Phi) is 4.83. The van der Waals surface area contributed by atoms with Crippen LogP contribution in [0.1, 0.15) is 12.5 Å². The lowest BCUT2D eigenvalue weighted by atomic mass is 10.1. The zero-order valence-corrected chi connectivity index (χ0v) is 12.8. The van der Waals surface area contributed by atoms with E-state index in [1.54, 1.807) is 6.07 Å². The molecule has 0 aromatic heterocycles. The van der Waals surface area contributed by atoms with E-state index in [1.165, 1.54) is 17.7 Å². The quantitative estimate of drug-likeness (QED) is 0.796. The van der Waals surface area contributed by atoms with Gasteiger partial charge < -0.3 is 5.32 Å². The molecule has 1 unspecified atom stereocenters. The van der Waals surface area contributed by atoms with Crippen LogP contribution in [0.5, 0.6) is 0 Å². The Morgan fingerprint density at radius 1 is 1.21 bits per heavy atom. The molecule has 0 fully saturated rings. The van der Waals surface area contributed by atoms with Gasteiger partial charge in [-0.25, -0.2) is 4.39 Å². The summed E-state index contributed by atoms with van der Waals surface area (Å²) in [7, 11) is 0. The second-order valence-electron chi connectivity index (χ2n) is 4.50. The largest absolute Gasteiger partial charge is 0.381 e. The highest BCUT2D eigenvalue weighted by Crippen LogP contribution is 2.24. The number of hydrogen-bond donors (Lipinski definition) is 1. The summed E-state index contributed by atoms with van der Waals surface area (Å²) in [5, 5.41) is 4.10. The van der Waals surface area contributed by atoms with Gasteiger partial charge in [0.25, 0.3) is 0 Å². The predicted molar refractivity (Wildman–Crippen MR) is 82.3 cm³/mol. The molecule has 0 bridgehead atoms. The highest BCUT2D eigenvalue weighted by Gasteiger charge is 2.07. The minimum absolute atomic E-state index is 0.239. The van der Waals surface area contributed by atoms with Gasteiger partial charge in [-0.3, -0.25) is 0 Å². The predicted octanol–water partition coefficient (Wildman–Crippen LogP) is 5.28. The summed E-state index contributed by atoms with van der Waals surface area (Å²) in [6, 6.07) is 12.7. The van der Waals surface area contributed by atoms with E-state index in [-0.39, 0.29) is 11.9 Å². The average molecular weight is 343 g/mol. The number of hydrogen-bond acceptors (Lipinski definition) is 1. The van der Waals surface area contributed by atoms with Crippen LogP contribution in [0, 0.1) is 5.82 Å². The van der Waals surface area contributed by atoms with Crippen molar-refractivity contribution in [3.8, 4) is 0 Å². The first-order chi connectivity index (χ1) is 9.04. The molecule has 1 N–H and O–H groups in total. The summed E-state index contributed by atoms with van der Waals surface area (Å²) in [5.74, 6) is -0.247. The molecule has 0 radical (unpaired) electrons. The molecule has 2 rings (SSSR count). The fourth-order valence-corrected chi connectivity index (χ4v) is 2.49. The average Bonchev–Trinajstić information content (AvgIpc) is 2.36. The summed E-state index contributed by atoms with van der Waals surface area (Å²) >= 11 is 9.21. The molecule has 100 valence electrons. The molecule has 2 aromatic rings. The topological polar surface area (TPSA) is 12.0 Å². The molecule has 2 aromatic carbocycles. The summed E-state index contributed by atoms with van der Waals surface area (Å²) in [6.45, 7) is 2.09. The van der Waals surface area contributed by atoms with Crippen LogP contribution in [0.4, 0.5) is 10.1 Å². The molecule has 4 heteroatoms. The molecule has 0 aliphatic heterocycles. The maximum Gasteiger partial charge on any atom is 0.124 e. The van der Waals surface area contributed by atoms with Crippen molar-refractivity contribution in [3.63, 3.8) is 0 Å². The Hall–Kier alpha value is -1.06. The van der Waals surface area contributed by atoms with E-state index < -0.39 is 0 Å². The second kappa shape index (κ2) is 6.40. The normalized spacial score (nSPS) is 12.2. The van der Waals surface area contributed by atoms with E-state index in [0.29, 0.717) is 0 Å². The lowest BCUT2D eigenvalue weighted by Gasteiger charge is -2.16. The molecule has 1 atom stereocenters. The van der Waals surface area contributed by atoms with Gasteiger partial charge in [0, 0.05) is 21.2 Å². The van der Waals surface area contributed by atoms with Crippen molar-refractivity contribution >= 4 is 33.2 Å². The van der Waals surface area contributed by atoms with Crippen LogP contribution in [-0.4, -0.2) is 6.04 Å². The van der Waals surface area contributed by atoms with Crippen molar-refractivity contribution in [3.05, 3.63) is 63.3 Å². The van der Waals surface area contributed by atoms with Gasteiger partial charge in [0.15, 0.2) is 0 Å².